The van der Waals surface area contributed by atoms with E-state index in [9.17, 15) is 0 Å². The summed E-state index contributed by atoms with van der Waals surface area (Å²) in [4.78, 5) is 0. The van der Waals surface area contributed by atoms with E-state index in [-0.39, 0.29) is -0.565 Å². The van der Waals surface area contributed by atoms with Gasteiger partial charge in [-0.05, 0) is 84.8 Å². The van der Waals surface area contributed by atoms with Gasteiger partial charge in [0.15, 0.2) is 0 Å². The van der Waals surface area contributed by atoms with E-state index in [0.29, 0.717) is 5.92 Å². The molecule has 1 aromatic carbocycles. The molecule has 0 heterocycles. The van der Waals surface area contributed by atoms with Gasteiger partial charge in [0.2, 0.25) is 0 Å². The molecule has 0 bridgehead atoms. The number of halogens is 3. The van der Waals surface area contributed by atoms with Crippen LogP contribution in [-0.4, -0.2) is 0 Å². The highest BCUT2D eigenvalue weighted by atomic mass is 127. The van der Waals surface area contributed by atoms with E-state index in [2.05, 4.69) is 106 Å². The summed E-state index contributed by atoms with van der Waals surface area (Å²) in [6.07, 6.45) is 0. The molecule has 0 fully saturated rings. The average molecular weight is 512 g/mol. The van der Waals surface area contributed by atoms with E-state index in [0.717, 1.165) is 0 Å². The first-order valence-corrected chi connectivity index (χ1v) is 7.32. The lowest BCUT2D eigenvalue weighted by atomic mass is 10.0. The Labute approximate surface area is 121 Å². The first-order valence-electron chi connectivity index (χ1n) is 4.08. The molecule has 13 heavy (non-hydrogen) atoms. The van der Waals surface area contributed by atoms with Gasteiger partial charge in [-0.15, -0.1) is 0 Å². The van der Waals surface area contributed by atoms with Gasteiger partial charge in [0, 0.05) is 0 Å². The smallest absolute Gasteiger partial charge is 0.0587 e. The van der Waals surface area contributed by atoms with Crippen molar-refractivity contribution >= 4 is 67.8 Å². The van der Waals surface area contributed by atoms with Gasteiger partial charge in [0.1, 0.15) is -0.565 Å². The fraction of sp³-hybridized carbons (Fsp3) is 0.400. The molecule has 0 aromatic heterocycles. The Bertz CT molecular complexity index is 269. The summed E-state index contributed by atoms with van der Waals surface area (Å²) >= 11 is 7.33. The highest BCUT2D eigenvalue weighted by molar-refractivity contribution is 14.3. The lowest BCUT2D eigenvalue weighted by Crippen LogP contribution is -1.97. The number of hydrogen-bond acceptors (Lipinski definition) is 0. The number of rotatable bonds is 2. The van der Waals surface area contributed by atoms with Crippen molar-refractivity contribution in [1.29, 1.82) is 0 Å². The van der Waals surface area contributed by atoms with Gasteiger partial charge in [-0.2, -0.15) is 0 Å². The van der Waals surface area contributed by atoms with E-state index in [1.54, 1.807) is 0 Å². The van der Waals surface area contributed by atoms with Crippen molar-refractivity contribution in [3.8, 4) is 0 Å². The Morgan fingerprint density at radius 1 is 1.00 bits per heavy atom. The van der Waals surface area contributed by atoms with Gasteiger partial charge in [0.05, 0.1) is 0 Å². The molecule has 0 aliphatic rings. The Morgan fingerprint density at radius 3 is 1.77 bits per heavy atom. The van der Waals surface area contributed by atoms with Crippen LogP contribution in [-0.2, 0) is -0.565 Å². The summed E-state index contributed by atoms with van der Waals surface area (Å²) < 4.78 is 0.183. The lowest BCUT2D eigenvalue weighted by Gasteiger charge is -2.14. The molecule has 0 aliphatic heterocycles. The number of benzene rings is 1. The SMILES string of the molecule is CC(C)c1ccc(C(I)(I)I)cc1. The van der Waals surface area contributed by atoms with Crippen LogP contribution in [0.3, 0.4) is 0 Å². The summed E-state index contributed by atoms with van der Waals surface area (Å²) in [6.45, 7) is 4.45. The van der Waals surface area contributed by atoms with Crippen LogP contribution in [0.15, 0.2) is 24.3 Å². The minimum atomic E-state index is 0.183. The molecule has 0 unspecified atom stereocenters. The van der Waals surface area contributed by atoms with Gasteiger partial charge in [-0.1, -0.05) is 38.1 Å². The van der Waals surface area contributed by atoms with Gasteiger partial charge < -0.3 is 0 Å². The van der Waals surface area contributed by atoms with E-state index in [4.69, 9.17) is 0 Å². The minimum Gasteiger partial charge on any atom is -0.0587 e. The van der Waals surface area contributed by atoms with Crippen LogP contribution in [0.4, 0.5) is 0 Å². The quantitative estimate of drug-likeness (QED) is 0.377. The van der Waals surface area contributed by atoms with Crippen molar-refractivity contribution in [2.24, 2.45) is 0 Å². The predicted molar refractivity (Wildman–Crippen MR) is 84.3 cm³/mol. The van der Waals surface area contributed by atoms with Crippen molar-refractivity contribution in [3.05, 3.63) is 35.4 Å². The molecule has 0 radical (unpaired) electrons. The molecule has 0 saturated heterocycles. The molecule has 0 amide bonds. The Kier molecular flexibility index (Phi) is 4.76. The molecule has 0 nitrogen and oxygen atoms in total. The van der Waals surface area contributed by atoms with Crippen LogP contribution in [0.2, 0.25) is 0 Å². The van der Waals surface area contributed by atoms with Crippen molar-refractivity contribution in [1.82, 2.24) is 0 Å². The van der Waals surface area contributed by atoms with E-state index >= 15 is 0 Å². The number of hydrogen-bond donors (Lipinski definition) is 0. The second-order valence-electron chi connectivity index (χ2n) is 3.27. The van der Waals surface area contributed by atoms with Crippen molar-refractivity contribution in [2.75, 3.05) is 0 Å². The predicted octanol–water partition coefficient (Wildman–Crippen LogP) is 5.23. The van der Waals surface area contributed by atoms with Gasteiger partial charge in [-0.25, -0.2) is 0 Å². The first-order chi connectivity index (χ1) is 5.91. The molecule has 72 valence electrons. The molecule has 1 aromatic rings. The van der Waals surface area contributed by atoms with Crippen molar-refractivity contribution in [2.45, 2.75) is 19.2 Å². The lowest BCUT2D eigenvalue weighted by molar-refractivity contribution is 0.866. The highest BCUT2D eigenvalue weighted by Crippen LogP contribution is 2.45. The number of alkyl halides is 3. The van der Waals surface area contributed by atoms with Crippen molar-refractivity contribution < 1.29 is 0 Å². The zero-order valence-electron chi connectivity index (χ0n) is 7.52. The molecule has 0 atom stereocenters. The van der Waals surface area contributed by atoms with E-state index < -0.39 is 0 Å². The molecule has 0 aliphatic carbocycles. The van der Waals surface area contributed by atoms with Crippen LogP contribution >= 0.6 is 67.8 Å². The zero-order chi connectivity index (χ0) is 10.1. The maximum absolute atomic E-state index is 2.44. The molecule has 3 heteroatoms. The Morgan fingerprint density at radius 2 is 1.46 bits per heavy atom. The Balaban J connectivity index is 2.94. The topological polar surface area (TPSA) is 0 Å². The third-order valence-electron chi connectivity index (χ3n) is 1.90. The monoisotopic (exact) mass is 512 g/mol. The minimum absolute atomic E-state index is 0.183. The maximum atomic E-state index is 2.44. The van der Waals surface area contributed by atoms with Crippen LogP contribution < -0.4 is 0 Å². The summed E-state index contributed by atoms with van der Waals surface area (Å²) in [5.41, 5.74) is 2.79. The van der Waals surface area contributed by atoms with E-state index in [1.807, 2.05) is 0 Å². The fourth-order valence-electron chi connectivity index (χ4n) is 1.06. The molecular formula is C10H11I3. The third kappa shape index (κ3) is 3.81. The van der Waals surface area contributed by atoms with Crippen molar-refractivity contribution in [3.63, 3.8) is 0 Å². The third-order valence-corrected chi connectivity index (χ3v) is 3.77. The maximum Gasteiger partial charge on any atom is 0.149 e. The van der Waals surface area contributed by atoms with E-state index in [1.165, 1.54) is 11.1 Å². The second kappa shape index (κ2) is 4.96. The standard InChI is InChI=1S/C10H11I3/c1-7(2)8-3-5-9(6-4-8)10(11,12)13/h3-7H,1-2H3. The average Bonchev–Trinajstić information content (AvgIpc) is 2.03. The summed E-state index contributed by atoms with van der Waals surface area (Å²) in [5, 5.41) is 0. The summed E-state index contributed by atoms with van der Waals surface area (Å²) in [6, 6.07) is 8.90. The largest absolute Gasteiger partial charge is 0.149 e. The molecule has 0 spiro atoms. The molecule has 1 rings (SSSR count). The van der Waals surface area contributed by atoms with Crippen LogP contribution in [0.25, 0.3) is 0 Å². The highest BCUT2D eigenvalue weighted by Gasteiger charge is 2.19. The second-order valence-corrected chi connectivity index (χ2v) is 14.3. The normalized spacial score (nSPS) is 12.2. The molecule has 0 saturated carbocycles. The van der Waals surface area contributed by atoms with Crippen LogP contribution in [0.5, 0.6) is 0 Å². The summed E-state index contributed by atoms with van der Waals surface area (Å²) in [7, 11) is 0. The zero-order valence-corrected chi connectivity index (χ0v) is 14.0. The molecule has 0 N–H and O–H groups in total. The summed E-state index contributed by atoms with van der Waals surface area (Å²) in [5.74, 6) is 0.626. The van der Waals surface area contributed by atoms with Gasteiger partial charge >= 0.3 is 0 Å². The first kappa shape index (κ1) is 12.5. The van der Waals surface area contributed by atoms with Crippen LogP contribution in [0.1, 0.15) is 30.9 Å². The molecular weight excluding hydrogens is 501 g/mol. The van der Waals surface area contributed by atoms with Gasteiger partial charge in [0.25, 0.3) is 0 Å². The fourth-order valence-corrected chi connectivity index (χ4v) is 2.14. The Hall–Kier alpha value is 1.41. The van der Waals surface area contributed by atoms with Gasteiger partial charge in [-0.3, -0.25) is 0 Å². The van der Waals surface area contributed by atoms with Crippen LogP contribution in [0, 0.1) is 0 Å².